The molecule has 0 heterocycles. The normalized spacial score (nSPS) is 16.4. The van der Waals surface area contributed by atoms with Crippen molar-refractivity contribution in [1.29, 1.82) is 0 Å². The van der Waals surface area contributed by atoms with E-state index in [1.165, 1.54) is 12.8 Å². The maximum atomic E-state index is 12.1. The zero-order valence-corrected chi connectivity index (χ0v) is 10.7. The number of hydrogen-bond donors (Lipinski definition) is 2. The van der Waals surface area contributed by atoms with Crippen LogP contribution in [0.25, 0.3) is 0 Å². The smallest absolute Gasteiger partial charge is 0.253 e. The first kappa shape index (κ1) is 12.0. The third-order valence-corrected chi connectivity index (χ3v) is 3.38. The molecule has 0 aromatic heterocycles. The number of hydrogen-bond acceptors (Lipinski definition) is 2. The van der Waals surface area contributed by atoms with Crippen LogP contribution in [0.2, 0.25) is 0 Å². The van der Waals surface area contributed by atoms with E-state index in [1.807, 2.05) is 32.2 Å². The van der Waals surface area contributed by atoms with Crippen LogP contribution in [0.4, 0.5) is 5.69 Å². The van der Waals surface area contributed by atoms with Gasteiger partial charge in [-0.1, -0.05) is 6.07 Å². The van der Waals surface area contributed by atoms with Gasteiger partial charge in [-0.05, 0) is 50.3 Å². The van der Waals surface area contributed by atoms with Crippen molar-refractivity contribution in [2.24, 2.45) is 5.92 Å². The molecule has 1 atom stereocenters. The second-order valence-electron chi connectivity index (χ2n) is 4.90. The van der Waals surface area contributed by atoms with Gasteiger partial charge in [0.15, 0.2) is 0 Å². The summed E-state index contributed by atoms with van der Waals surface area (Å²) in [4.78, 5) is 12.1. The lowest BCUT2D eigenvalue weighted by Gasteiger charge is -2.15. The Balaban J connectivity index is 2.12. The number of rotatable bonds is 4. The molecule has 1 amide bonds. The Kier molecular flexibility index (Phi) is 3.36. The van der Waals surface area contributed by atoms with E-state index in [9.17, 15) is 4.79 Å². The molecule has 1 aromatic rings. The van der Waals surface area contributed by atoms with E-state index in [0.717, 1.165) is 16.8 Å². The fourth-order valence-electron chi connectivity index (χ4n) is 2.06. The minimum Gasteiger partial charge on any atom is -0.387 e. The topological polar surface area (TPSA) is 41.1 Å². The van der Waals surface area contributed by atoms with Crippen LogP contribution in [0.1, 0.15) is 35.7 Å². The monoisotopic (exact) mass is 232 g/mol. The predicted molar refractivity (Wildman–Crippen MR) is 70.4 cm³/mol. The number of anilines is 1. The summed E-state index contributed by atoms with van der Waals surface area (Å²) in [5.74, 6) is 0.705. The van der Waals surface area contributed by atoms with Crippen LogP contribution in [-0.2, 0) is 0 Å². The molecule has 0 bridgehead atoms. The summed E-state index contributed by atoms with van der Waals surface area (Å²) in [5, 5.41) is 6.15. The molecular weight excluding hydrogens is 212 g/mol. The molecule has 17 heavy (non-hydrogen) atoms. The molecule has 3 heteroatoms. The molecule has 1 fully saturated rings. The SMILES string of the molecule is CNc1cc(C)ccc1C(=O)NC(C)C1CC1. The molecule has 1 aromatic carbocycles. The summed E-state index contributed by atoms with van der Waals surface area (Å²) in [6.45, 7) is 4.11. The van der Waals surface area contributed by atoms with E-state index in [0.29, 0.717) is 5.92 Å². The van der Waals surface area contributed by atoms with E-state index < -0.39 is 0 Å². The van der Waals surface area contributed by atoms with Crippen LogP contribution in [0.15, 0.2) is 18.2 Å². The van der Waals surface area contributed by atoms with Crippen LogP contribution in [0.3, 0.4) is 0 Å². The summed E-state index contributed by atoms with van der Waals surface area (Å²) < 4.78 is 0. The van der Waals surface area contributed by atoms with Crippen molar-refractivity contribution in [2.45, 2.75) is 32.7 Å². The number of nitrogens with one attached hydrogen (secondary N) is 2. The molecule has 3 nitrogen and oxygen atoms in total. The molecule has 0 aliphatic heterocycles. The second kappa shape index (κ2) is 4.78. The average molecular weight is 232 g/mol. The zero-order chi connectivity index (χ0) is 12.4. The van der Waals surface area contributed by atoms with Crippen LogP contribution in [0.5, 0.6) is 0 Å². The van der Waals surface area contributed by atoms with E-state index in [4.69, 9.17) is 0 Å². The second-order valence-corrected chi connectivity index (χ2v) is 4.90. The summed E-state index contributed by atoms with van der Waals surface area (Å²) >= 11 is 0. The lowest BCUT2D eigenvalue weighted by molar-refractivity contribution is 0.0936. The Bertz CT molecular complexity index is 424. The highest BCUT2D eigenvalue weighted by molar-refractivity contribution is 5.99. The van der Waals surface area contributed by atoms with Gasteiger partial charge in [0.2, 0.25) is 0 Å². The van der Waals surface area contributed by atoms with Gasteiger partial charge in [0.05, 0.1) is 5.56 Å². The number of carbonyl (C=O) groups is 1. The Labute approximate surface area is 103 Å². The molecule has 1 aliphatic rings. The van der Waals surface area contributed by atoms with Gasteiger partial charge >= 0.3 is 0 Å². The number of benzene rings is 1. The molecule has 1 aliphatic carbocycles. The van der Waals surface area contributed by atoms with Gasteiger partial charge in [0, 0.05) is 18.8 Å². The van der Waals surface area contributed by atoms with Gasteiger partial charge in [-0.25, -0.2) is 0 Å². The largest absolute Gasteiger partial charge is 0.387 e. The molecule has 0 radical (unpaired) electrons. The summed E-state index contributed by atoms with van der Waals surface area (Å²) in [5.41, 5.74) is 2.78. The number of aryl methyl sites for hydroxylation is 1. The third kappa shape index (κ3) is 2.78. The lowest BCUT2D eigenvalue weighted by Crippen LogP contribution is -2.34. The molecule has 0 spiro atoms. The number of amides is 1. The first-order valence-electron chi connectivity index (χ1n) is 6.21. The molecule has 1 unspecified atom stereocenters. The molecule has 2 rings (SSSR count). The highest BCUT2D eigenvalue weighted by Gasteiger charge is 2.29. The summed E-state index contributed by atoms with van der Waals surface area (Å²) in [6, 6.07) is 6.14. The summed E-state index contributed by atoms with van der Waals surface area (Å²) in [6.07, 6.45) is 2.49. The van der Waals surface area contributed by atoms with Gasteiger partial charge in [0.1, 0.15) is 0 Å². The van der Waals surface area contributed by atoms with Crippen molar-refractivity contribution < 1.29 is 4.79 Å². The van der Waals surface area contributed by atoms with Crippen molar-refractivity contribution in [3.63, 3.8) is 0 Å². The zero-order valence-electron chi connectivity index (χ0n) is 10.7. The quantitative estimate of drug-likeness (QED) is 0.837. The van der Waals surface area contributed by atoms with Crippen molar-refractivity contribution in [3.05, 3.63) is 29.3 Å². The molecule has 0 saturated heterocycles. The van der Waals surface area contributed by atoms with Crippen molar-refractivity contribution in [3.8, 4) is 0 Å². The molecule has 2 N–H and O–H groups in total. The molecule has 1 saturated carbocycles. The van der Waals surface area contributed by atoms with Crippen LogP contribution in [-0.4, -0.2) is 19.0 Å². The van der Waals surface area contributed by atoms with Crippen LogP contribution < -0.4 is 10.6 Å². The minimum atomic E-state index is 0.0220. The van der Waals surface area contributed by atoms with Gasteiger partial charge in [-0.3, -0.25) is 4.79 Å². The van der Waals surface area contributed by atoms with Crippen molar-refractivity contribution in [2.75, 3.05) is 12.4 Å². The summed E-state index contributed by atoms with van der Waals surface area (Å²) in [7, 11) is 1.84. The first-order chi connectivity index (χ1) is 8.11. The van der Waals surface area contributed by atoms with Gasteiger partial charge in [-0.15, -0.1) is 0 Å². The van der Waals surface area contributed by atoms with E-state index in [-0.39, 0.29) is 11.9 Å². The lowest BCUT2D eigenvalue weighted by atomic mass is 10.1. The highest BCUT2D eigenvalue weighted by atomic mass is 16.1. The maximum Gasteiger partial charge on any atom is 0.253 e. The Hall–Kier alpha value is -1.51. The molecule has 92 valence electrons. The number of carbonyl (C=O) groups excluding carboxylic acids is 1. The van der Waals surface area contributed by atoms with Gasteiger partial charge in [0.25, 0.3) is 5.91 Å². The Morgan fingerprint density at radius 1 is 1.41 bits per heavy atom. The van der Waals surface area contributed by atoms with E-state index >= 15 is 0 Å². The Morgan fingerprint density at radius 3 is 2.71 bits per heavy atom. The van der Waals surface area contributed by atoms with Gasteiger partial charge in [-0.2, -0.15) is 0 Å². The van der Waals surface area contributed by atoms with Crippen molar-refractivity contribution in [1.82, 2.24) is 5.32 Å². The van der Waals surface area contributed by atoms with E-state index in [1.54, 1.807) is 0 Å². The predicted octanol–water partition coefficient (Wildman–Crippen LogP) is 2.57. The van der Waals surface area contributed by atoms with Crippen LogP contribution in [0, 0.1) is 12.8 Å². The minimum absolute atomic E-state index is 0.0220. The molecular formula is C14H20N2O. The average Bonchev–Trinajstić information content (AvgIpc) is 3.12. The first-order valence-corrected chi connectivity index (χ1v) is 6.21. The van der Waals surface area contributed by atoms with Crippen molar-refractivity contribution >= 4 is 11.6 Å². The fourth-order valence-corrected chi connectivity index (χ4v) is 2.06. The maximum absolute atomic E-state index is 12.1. The van der Waals surface area contributed by atoms with Gasteiger partial charge < -0.3 is 10.6 Å². The van der Waals surface area contributed by atoms with E-state index in [2.05, 4.69) is 17.6 Å². The fraction of sp³-hybridized carbons (Fsp3) is 0.500. The standard InChI is InChI=1S/C14H20N2O/c1-9-4-7-12(13(8-9)15-3)14(17)16-10(2)11-5-6-11/h4,7-8,10-11,15H,5-6H2,1-3H3,(H,16,17). The Morgan fingerprint density at radius 2 is 2.12 bits per heavy atom. The highest BCUT2D eigenvalue weighted by Crippen LogP contribution is 2.32. The third-order valence-electron chi connectivity index (χ3n) is 3.38. The van der Waals surface area contributed by atoms with Crippen LogP contribution >= 0.6 is 0 Å².